The molecule has 4 heteroatoms. The van der Waals surface area contributed by atoms with Gasteiger partial charge in [-0.05, 0) is 42.4 Å². The number of hydrogen-bond acceptors (Lipinski definition) is 3. The van der Waals surface area contributed by atoms with Gasteiger partial charge < -0.3 is 5.11 Å². The molecule has 112 valence electrons. The van der Waals surface area contributed by atoms with Gasteiger partial charge in [-0.25, -0.2) is 0 Å². The molecule has 3 rings (SSSR count). The number of piperidine rings is 1. The maximum absolute atomic E-state index is 11.9. The highest BCUT2D eigenvalue weighted by atomic mass is 16.3. The predicted octanol–water partition coefficient (Wildman–Crippen LogP) is 1.69. The van der Waals surface area contributed by atoms with Crippen molar-refractivity contribution < 1.29 is 14.7 Å². The fourth-order valence-corrected chi connectivity index (χ4v) is 3.69. The summed E-state index contributed by atoms with van der Waals surface area (Å²) in [6, 6.07) is 6.22. The molecule has 1 saturated heterocycles. The molecule has 3 atom stereocenters. The van der Waals surface area contributed by atoms with Gasteiger partial charge in [0.2, 0.25) is 11.8 Å². The van der Waals surface area contributed by atoms with Crippen molar-refractivity contribution in [1.29, 1.82) is 0 Å². The van der Waals surface area contributed by atoms with Gasteiger partial charge in [0.05, 0.1) is 6.10 Å². The minimum Gasteiger partial charge on any atom is -0.392 e. The highest BCUT2D eigenvalue weighted by Gasteiger charge is 2.37. The first-order valence-corrected chi connectivity index (χ1v) is 7.72. The maximum atomic E-state index is 11.9. The number of aliphatic hydroxyl groups excluding tert-OH is 1. The van der Waals surface area contributed by atoms with Gasteiger partial charge in [-0.1, -0.05) is 25.1 Å². The van der Waals surface area contributed by atoms with Crippen molar-refractivity contribution in [3.63, 3.8) is 0 Å². The van der Waals surface area contributed by atoms with E-state index in [1.807, 2.05) is 6.07 Å². The Hall–Kier alpha value is -1.68. The summed E-state index contributed by atoms with van der Waals surface area (Å²) in [7, 11) is 0. The molecule has 0 saturated carbocycles. The number of fused-ring (bicyclic) bond motifs is 1. The Morgan fingerprint density at radius 2 is 2.14 bits per heavy atom. The van der Waals surface area contributed by atoms with E-state index < -0.39 is 6.10 Å². The second kappa shape index (κ2) is 5.60. The fraction of sp³-hybridized carbons (Fsp3) is 0.529. The number of imide groups is 1. The summed E-state index contributed by atoms with van der Waals surface area (Å²) < 4.78 is 0. The van der Waals surface area contributed by atoms with E-state index in [1.165, 1.54) is 16.7 Å². The number of nitrogens with one attached hydrogen (secondary N) is 1. The van der Waals surface area contributed by atoms with Gasteiger partial charge in [-0.3, -0.25) is 14.9 Å². The van der Waals surface area contributed by atoms with Gasteiger partial charge in [0, 0.05) is 18.3 Å². The first-order valence-electron chi connectivity index (χ1n) is 7.72. The molecule has 2 aliphatic rings. The quantitative estimate of drug-likeness (QED) is 0.831. The molecule has 1 fully saturated rings. The number of aliphatic hydroxyl groups is 1. The summed E-state index contributed by atoms with van der Waals surface area (Å²) in [4.78, 5) is 23.1. The molecule has 1 aliphatic heterocycles. The van der Waals surface area contributed by atoms with E-state index in [-0.39, 0.29) is 23.7 Å². The van der Waals surface area contributed by atoms with E-state index in [1.54, 1.807) is 0 Å². The van der Waals surface area contributed by atoms with Crippen LogP contribution in [0.1, 0.15) is 48.8 Å². The average Bonchev–Trinajstić information content (AvgIpc) is 2.78. The molecule has 0 spiro atoms. The van der Waals surface area contributed by atoms with E-state index in [0.29, 0.717) is 25.7 Å². The molecule has 1 heterocycles. The van der Waals surface area contributed by atoms with Gasteiger partial charge in [-0.15, -0.1) is 0 Å². The topological polar surface area (TPSA) is 66.4 Å². The number of hydrogen-bond donors (Lipinski definition) is 2. The van der Waals surface area contributed by atoms with Crippen molar-refractivity contribution >= 4 is 11.8 Å². The minimum atomic E-state index is -0.418. The standard InChI is InChI=1S/C17H21NO3/c1-2-10-4-3-5-12-13(10)9-15(19)14(12)8-11-6-7-16(20)18-17(11)21/h3-5,11,14-15,19H,2,6-9H2,1H3,(H,18,20,21). The third-order valence-corrected chi connectivity index (χ3v) is 4.86. The van der Waals surface area contributed by atoms with Crippen LogP contribution in [0.25, 0.3) is 0 Å². The Bertz CT molecular complexity index is 581. The van der Waals surface area contributed by atoms with Crippen LogP contribution in [-0.4, -0.2) is 23.0 Å². The molecule has 1 aromatic rings. The zero-order chi connectivity index (χ0) is 15.0. The molecule has 0 bridgehead atoms. The molecule has 1 aromatic carbocycles. The monoisotopic (exact) mass is 287 g/mol. The highest BCUT2D eigenvalue weighted by Crippen LogP contribution is 2.40. The molecular formula is C17H21NO3. The first-order chi connectivity index (χ1) is 10.1. The van der Waals surface area contributed by atoms with Gasteiger partial charge in [0.25, 0.3) is 0 Å². The van der Waals surface area contributed by atoms with Crippen LogP contribution in [0.3, 0.4) is 0 Å². The summed E-state index contributed by atoms with van der Waals surface area (Å²) in [6.07, 6.45) is 2.84. The number of amides is 2. The zero-order valence-corrected chi connectivity index (χ0v) is 12.3. The highest BCUT2D eigenvalue weighted by molar-refractivity contribution is 5.98. The van der Waals surface area contributed by atoms with Crippen molar-refractivity contribution in [2.45, 2.75) is 51.0 Å². The normalized spacial score (nSPS) is 28.4. The molecule has 4 nitrogen and oxygen atoms in total. The smallest absolute Gasteiger partial charge is 0.229 e. The molecular weight excluding hydrogens is 266 g/mol. The van der Waals surface area contributed by atoms with Crippen molar-refractivity contribution in [1.82, 2.24) is 5.32 Å². The molecule has 21 heavy (non-hydrogen) atoms. The zero-order valence-electron chi connectivity index (χ0n) is 12.3. The summed E-state index contributed by atoms with van der Waals surface area (Å²) in [5.41, 5.74) is 3.73. The van der Waals surface area contributed by atoms with Gasteiger partial charge in [0.15, 0.2) is 0 Å². The van der Waals surface area contributed by atoms with E-state index in [0.717, 1.165) is 6.42 Å². The van der Waals surface area contributed by atoms with Crippen LogP contribution in [0.5, 0.6) is 0 Å². The lowest BCUT2D eigenvalue weighted by Gasteiger charge is -2.25. The second-order valence-corrected chi connectivity index (χ2v) is 6.10. The maximum Gasteiger partial charge on any atom is 0.229 e. The number of rotatable bonds is 3. The van der Waals surface area contributed by atoms with Gasteiger partial charge in [0.1, 0.15) is 0 Å². The lowest BCUT2D eigenvalue weighted by molar-refractivity contribution is -0.136. The summed E-state index contributed by atoms with van der Waals surface area (Å²) in [5, 5.41) is 12.8. The van der Waals surface area contributed by atoms with Crippen LogP contribution >= 0.6 is 0 Å². The number of aryl methyl sites for hydroxylation is 1. The van der Waals surface area contributed by atoms with Crippen LogP contribution < -0.4 is 5.32 Å². The molecule has 2 amide bonds. The summed E-state index contributed by atoms with van der Waals surface area (Å²) in [6.45, 7) is 2.12. The Labute approximate surface area is 124 Å². The van der Waals surface area contributed by atoms with Crippen molar-refractivity contribution in [2.24, 2.45) is 5.92 Å². The number of carbonyl (C=O) groups excluding carboxylic acids is 2. The van der Waals surface area contributed by atoms with E-state index in [2.05, 4.69) is 24.4 Å². The Morgan fingerprint density at radius 3 is 2.86 bits per heavy atom. The third-order valence-electron chi connectivity index (χ3n) is 4.86. The summed E-state index contributed by atoms with van der Waals surface area (Å²) in [5.74, 6) is -0.524. The van der Waals surface area contributed by atoms with Crippen LogP contribution in [0.4, 0.5) is 0 Å². The third kappa shape index (κ3) is 2.60. The Kier molecular flexibility index (Phi) is 3.81. The lowest BCUT2D eigenvalue weighted by atomic mass is 9.84. The van der Waals surface area contributed by atoms with Crippen molar-refractivity contribution in [2.75, 3.05) is 0 Å². The number of benzene rings is 1. The van der Waals surface area contributed by atoms with Gasteiger partial charge in [-0.2, -0.15) is 0 Å². The summed E-state index contributed by atoms with van der Waals surface area (Å²) >= 11 is 0. The largest absolute Gasteiger partial charge is 0.392 e. The minimum absolute atomic E-state index is 0.00968. The van der Waals surface area contributed by atoms with Crippen LogP contribution in [0.15, 0.2) is 18.2 Å². The molecule has 3 unspecified atom stereocenters. The molecule has 0 radical (unpaired) electrons. The van der Waals surface area contributed by atoms with Crippen LogP contribution in [0, 0.1) is 5.92 Å². The first kappa shape index (κ1) is 14.3. The van der Waals surface area contributed by atoms with Gasteiger partial charge >= 0.3 is 0 Å². The second-order valence-electron chi connectivity index (χ2n) is 6.10. The van der Waals surface area contributed by atoms with Crippen LogP contribution in [-0.2, 0) is 22.4 Å². The van der Waals surface area contributed by atoms with E-state index in [4.69, 9.17) is 0 Å². The molecule has 2 N–H and O–H groups in total. The molecule has 0 aromatic heterocycles. The van der Waals surface area contributed by atoms with E-state index in [9.17, 15) is 14.7 Å². The fourth-order valence-electron chi connectivity index (χ4n) is 3.69. The predicted molar refractivity (Wildman–Crippen MR) is 78.8 cm³/mol. The van der Waals surface area contributed by atoms with Crippen molar-refractivity contribution in [3.8, 4) is 0 Å². The average molecular weight is 287 g/mol. The molecule has 1 aliphatic carbocycles. The van der Waals surface area contributed by atoms with Crippen LogP contribution in [0.2, 0.25) is 0 Å². The SMILES string of the molecule is CCc1cccc2c1CC(O)C2CC1CCC(=O)NC1=O. The Balaban J connectivity index is 1.81. The van der Waals surface area contributed by atoms with Crippen molar-refractivity contribution in [3.05, 3.63) is 34.9 Å². The lowest BCUT2D eigenvalue weighted by Crippen LogP contribution is -2.41. The Morgan fingerprint density at radius 1 is 1.33 bits per heavy atom. The van der Waals surface area contributed by atoms with E-state index >= 15 is 0 Å². The number of carbonyl (C=O) groups is 2.